The highest BCUT2D eigenvalue weighted by Gasteiger charge is 2.45. The van der Waals surface area contributed by atoms with Crippen LogP contribution in [0.1, 0.15) is 51.9 Å². The first-order valence-electron chi connectivity index (χ1n) is 9.89. The Kier molecular flexibility index (Phi) is 4.75. The van der Waals surface area contributed by atoms with E-state index in [0.717, 1.165) is 48.7 Å². The van der Waals surface area contributed by atoms with Crippen molar-refractivity contribution in [2.24, 2.45) is 35.5 Å². The quantitative estimate of drug-likeness (QED) is 0.841. The monoisotopic (exact) mass is 306 g/mol. The summed E-state index contributed by atoms with van der Waals surface area (Å²) in [7, 11) is 0. The SMILES string of the molecule is CCC1CCC(C2CNC3NCC(C4CCOC4)C3C2)CC1. The highest BCUT2D eigenvalue weighted by Crippen LogP contribution is 2.43. The largest absolute Gasteiger partial charge is 0.381 e. The third-order valence-electron chi connectivity index (χ3n) is 7.43. The van der Waals surface area contributed by atoms with Crippen LogP contribution in [0.15, 0.2) is 0 Å². The molecule has 126 valence electrons. The minimum absolute atomic E-state index is 0.592. The van der Waals surface area contributed by atoms with Gasteiger partial charge in [-0.2, -0.15) is 0 Å². The van der Waals surface area contributed by atoms with E-state index < -0.39 is 0 Å². The zero-order chi connectivity index (χ0) is 14.9. The van der Waals surface area contributed by atoms with Gasteiger partial charge in [0.15, 0.2) is 0 Å². The molecule has 0 radical (unpaired) electrons. The van der Waals surface area contributed by atoms with Crippen LogP contribution >= 0.6 is 0 Å². The highest BCUT2D eigenvalue weighted by molar-refractivity contribution is 4.98. The summed E-state index contributed by atoms with van der Waals surface area (Å²) < 4.78 is 5.67. The van der Waals surface area contributed by atoms with Gasteiger partial charge < -0.3 is 15.4 Å². The first-order valence-corrected chi connectivity index (χ1v) is 9.89. The number of nitrogens with one attached hydrogen (secondary N) is 2. The molecule has 0 aromatic heterocycles. The zero-order valence-corrected chi connectivity index (χ0v) is 14.2. The lowest BCUT2D eigenvalue weighted by molar-refractivity contribution is 0.0977. The molecule has 4 aliphatic rings. The molecule has 0 aromatic carbocycles. The molecule has 3 heterocycles. The molecule has 5 atom stereocenters. The second-order valence-electron chi connectivity index (χ2n) is 8.43. The molecular formula is C19H34N2O. The molecule has 3 nitrogen and oxygen atoms in total. The first-order chi connectivity index (χ1) is 10.8. The molecule has 4 fully saturated rings. The van der Waals surface area contributed by atoms with Gasteiger partial charge in [-0.05, 0) is 67.7 Å². The Morgan fingerprint density at radius 1 is 0.864 bits per heavy atom. The molecule has 3 saturated heterocycles. The van der Waals surface area contributed by atoms with Crippen molar-refractivity contribution in [3.05, 3.63) is 0 Å². The van der Waals surface area contributed by atoms with Crippen LogP contribution in [0.5, 0.6) is 0 Å². The fourth-order valence-corrected chi connectivity index (χ4v) is 5.89. The van der Waals surface area contributed by atoms with E-state index >= 15 is 0 Å². The maximum Gasteiger partial charge on any atom is 0.0604 e. The van der Waals surface area contributed by atoms with Crippen LogP contribution in [0.2, 0.25) is 0 Å². The van der Waals surface area contributed by atoms with Crippen LogP contribution in [0.3, 0.4) is 0 Å². The standard InChI is InChI=1S/C19H34N2O/c1-2-13-3-5-14(6-4-13)16-9-17-18(15-7-8-22-12-15)11-21-19(17)20-10-16/h13-21H,2-12H2,1H3. The summed E-state index contributed by atoms with van der Waals surface area (Å²) in [6, 6.07) is 0. The van der Waals surface area contributed by atoms with Gasteiger partial charge in [-0.1, -0.05) is 26.2 Å². The number of fused-ring (bicyclic) bond motifs is 1. The predicted molar refractivity (Wildman–Crippen MR) is 89.5 cm³/mol. The Balaban J connectivity index is 1.36. The van der Waals surface area contributed by atoms with Crippen LogP contribution in [-0.2, 0) is 4.74 Å². The summed E-state index contributed by atoms with van der Waals surface area (Å²) in [5, 5.41) is 7.61. The Morgan fingerprint density at radius 2 is 1.68 bits per heavy atom. The second-order valence-corrected chi connectivity index (χ2v) is 8.43. The summed E-state index contributed by atoms with van der Waals surface area (Å²) in [6.07, 6.45) is 10.7. The van der Waals surface area contributed by atoms with Gasteiger partial charge in [-0.3, -0.25) is 0 Å². The molecule has 2 N–H and O–H groups in total. The van der Waals surface area contributed by atoms with Gasteiger partial charge in [0.2, 0.25) is 0 Å². The minimum Gasteiger partial charge on any atom is -0.381 e. The van der Waals surface area contributed by atoms with Crippen LogP contribution in [-0.4, -0.2) is 32.5 Å². The number of piperidine rings is 1. The smallest absolute Gasteiger partial charge is 0.0604 e. The lowest BCUT2D eigenvalue weighted by atomic mass is 9.68. The van der Waals surface area contributed by atoms with Gasteiger partial charge in [0.25, 0.3) is 0 Å². The van der Waals surface area contributed by atoms with Crippen molar-refractivity contribution in [3.63, 3.8) is 0 Å². The molecule has 0 spiro atoms. The van der Waals surface area contributed by atoms with E-state index in [1.807, 2.05) is 0 Å². The van der Waals surface area contributed by atoms with Gasteiger partial charge in [-0.25, -0.2) is 0 Å². The lowest BCUT2D eigenvalue weighted by Gasteiger charge is -2.41. The highest BCUT2D eigenvalue weighted by atomic mass is 16.5. The first kappa shape index (κ1) is 15.4. The summed E-state index contributed by atoms with van der Waals surface area (Å²) >= 11 is 0. The molecule has 0 bridgehead atoms. The molecule has 1 saturated carbocycles. The molecule has 3 heteroatoms. The molecule has 22 heavy (non-hydrogen) atoms. The van der Waals surface area contributed by atoms with Crippen molar-refractivity contribution >= 4 is 0 Å². The number of rotatable bonds is 3. The van der Waals surface area contributed by atoms with Crippen molar-refractivity contribution in [1.82, 2.24) is 10.6 Å². The fourth-order valence-electron chi connectivity index (χ4n) is 5.89. The Labute approximate surface area is 135 Å². The van der Waals surface area contributed by atoms with E-state index in [1.54, 1.807) is 0 Å². The molecule has 3 aliphatic heterocycles. The van der Waals surface area contributed by atoms with Gasteiger partial charge in [0.1, 0.15) is 0 Å². The van der Waals surface area contributed by atoms with E-state index in [-0.39, 0.29) is 0 Å². The molecule has 0 amide bonds. The normalized spacial score (nSPS) is 49.2. The van der Waals surface area contributed by atoms with Crippen LogP contribution < -0.4 is 10.6 Å². The Bertz CT molecular complexity index is 360. The predicted octanol–water partition coefficient (Wildman–Crippen LogP) is 3.01. The van der Waals surface area contributed by atoms with Crippen molar-refractivity contribution < 1.29 is 4.74 Å². The average Bonchev–Trinajstić information content (AvgIpc) is 3.23. The Morgan fingerprint density at radius 3 is 2.41 bits per heavy atom. The number of ether oxygens (including phenoxy) is 1. The number of hydrogen-bond acceptors (Lipinski definition) is 3. The third kappa shape index (κ3) is 2.97. The van der Waals surface area contributed by atoms with E-state index in [9.17, 15) is 0 Å². The zero-order valence-electron chi connectivity index (χ0n) is 14.2. The Hall–Kier alpha value is -0.120. The van der Waals surface area contributed by atoms with E-state index in [1.165, 1.54) is 58.0 Å². The molecule has 5 unspecified atom stereocenters. The van der Waals surface area contributed by atoms with Gasteiger partial charge in [0.05, 0.1) is 6.17 Å². The minimum atomic E-state index is 0.592. The fraction of sp³-hybridized carbons (Fsp3) is 1.00. The van der Waals surface area contributed by atoms with Crippen LogP contribution in [0, 0.1) is 35.5 Å². The van der Waals surface area contributed by atoms with Gasteiger partial charge >= 0.3 is 0 Å². The van der Waals surface area contributed by atoms with Crippen molar-refractivity contribution in [2.75, 3.05) is 26.3 Å². The molecule has 1 aliphatic carbocycles. The van der Waals surface area contributed by atoms with E-state index in [2.05, 4.69) is 17.6 Å². The summed E-state index contributed by atoms with van der Waals surface area (Å²) in [5.41, 5.74) is 0. The van der Waals surface area contributed by atoms with Crippen LogP contribution in [0.25, 0.3) is 0 Å². The second kappa shape index (κ2) is 6.78. The lowest BCUT2D eigenvalue weighted by Crippen LogP contribution is -2.51. The number of hydrogen-bond donors (Lipinski definition) is 2. The average molecular weight is 306 g/mol. The summed E-state index contributed by atoms with van der Waals surface area (Å²) in [5.74, 6) is 5.49. The summed E-state index contributed by atoms with van der Waals surface area (Å²) in [6.45, 7) is 6.85. The maximum absolute atomic E-state index is 5.67. The van der Waals surface area contributed by atoms with Crippen LogP contribution in [0.4, 0.5) is 0 Å². The van der Waals surface area contributed by atoms with E-state index in [0.29, 0.717) is 6.17 Å². The maximum atomic E-state index is 5.67. The molecular weight excluding hydrogens is 272 g/mol. The van der Waals surface area contributed by atoms with Crippen molar-refractivity contribution in [3.8, 4) is 0 Å². The third-order valence-corrected chi connectivity index (χ3v) is 7.43. The van der Waals surface area contributed by atoms with Gasteiger partial charge in [0, 0.05) is 19.8 Å². The van der Waals surface area contributed by atoms with Crippen molar-refractivity contribution in [1.29, 1.82) is 0 Å². The van der Waals surface area contributed by atoms with Gasteiger partial charge in [-0.15, -0.1) is 0 Å². The topological polar surface area (TPSA) is 33.3 Å². The molecule has 0 aromatic rings. The molecule has 4 rings (SSSR count). The van der Waals surface area contributed by atoms with Crippen molar-refractivity contribution in [2.45, 2.75) is 58.0 Å². The van der Waals surface area contributed by atoms with E-state index in [4.69, 9.17) is 4.74 Å². The summed E-state index contributed by atoms with van der Waals surface area (Å²) in [4.78, 5) is 0.